The van der Waals surface area contributed by atoms with Crippen molar-refractivity contribution in [1.82, 2.24) is 9.62 Å². The summed E-state index contributed by atoms with van der Waals surface area (Å²) >= 11 is 0. The molecule has 1 amide bonds. The number of hydrogen-bond donors (Lipinski definition) is 2. The van der Waals surface area contributed by atoms with Crippen molar-refractivity contribution >= 4 is 15.9 Å². The molecule has 1 heterocycles. The van der Waals surface area contributed by atoms with E-state index < -0.39 is 10.0 Å². The van der Waals surface area contributed by atoms with Crippen LogP contribution in [-0.2, 0) is 14.8 Å². The van der Waals surface area contributed by atoms with Crippen LogP contribution in [0.5, 0.6) is 0 Å². The fourth-order valence-electron chi connectivity index (χ4n) is 2.12. The first-order valence-electron chi connectivity index (χ1n) is 6.88. The van der Waals surface area contributed by atoms with Gasteiger partial charge in [-0.1, -0.05) is 0 Å². The molecule has 7 heteroatoms. The summed E-state index contributed by atoms with van der Waals surface area (Å²) in [5.74, 6) is 0.146. The molecule has 0 aromatic heterocycles. The molecule has 1 saturated heterocycles. The van der Waals surface area contributed by atoms with E-state index in [2.05, 4.69) is 5.32 Å². The summed E-state index contributed by atoms with van der Waals surface area (Å²) in [5, 5.41) is 2.95. The smallest absolute Gasteiger partial charge is 0.220 e. The summed E-state index contributed by atoms with van der Waals surface area (Å²) in [4.78, 5) is 11.7. The summed E-state index contributed by atoms with van der Waals surface area (Å²) in [5.41, 5.74) is 5.60. The highest BCUT2D eigenvalue weighted by Crippen LogP contribution is 2.14. The Morgan fingerprint density at radius 2 is 2.00 bits per heavy atom. The molecule has 19 heavy (non-hydrogen) atoms. The Morgan fingerprint density at radius 1 is 1.42 bits per heavy atom. The van der Waals surface area contributed by atoms with E-state index in [0.717, 1.165) is 0 Å². The van der Waals surface area contributed by atoms with Crippen LogP contribution in [0.2, 0.25) is 0 Å². The van der Waals surface area contributed by atoms with Gasteiger partial charge in [-0.3, -0.25) is 4.79 Å². The average molecular weight is 291 g/mol. The van der Waals surface area contributed by atoms with E-state index in [-0.39, 0.29) is 23.7 Å². The van der Waals surface area contributed by atoms with Crippen molar-refractivity contribution in [2.45, 2.75) is 51.6 Å². The molecule has 1 atom stereocenters. The molecule has 0 aromatic rings. The number of nitrogens with one attached hydrogen (secondary N) is 1. The van der Waals surface area contributed by atoms with Crippen LogP contribution in [0.1, 0.15) is 39.5 Å². The fraction of sp³-hybridized carbons (Fsp3) is 0.917. The van der Waals surface area contributed by atoms with Gasteiger partial charge >= 0.3 is 0 Å². The van der Waals surface area contributed by atoms with Crippen molar-refractivity contribution in [3.8, 4) is 0 Å². The second-order valence-corrected chi connectivity index (χ2v) is 7.41. The Kier molecular flexibility index (Phi) is 6.22. The molecule has 1 aliphatic rings. The molecule has 0 saturated carbocycles. The van der Waals surface area contributed by atoms with E-state index in [1.54, 1.807) is 6.92 Å². The SMILES string of the molecule is CCS(=O)(=O)N1CCC(NC(=O)CCC(C)N)CC1. The standard InChI is InChI=1S/C12H25N3O3S/c1-3-19(17,18)15-8-6-11(7-9-15)14-12(16)5-4-10(2)13/h10-11H,3-9,13H2,1-2H3,(H,14,16). The molecule has 6 nitrogen and oxygen atoms in total. The number of carbonyl (C=O) groups excluding carboxylic acids is 1. The van der Waals surface area contributed by atoms with Crippen molar-refractivity contribution in [2.75, 3.05) is 18.8 Å². The summed E-state index contributed by atoms with van der Waals surface area (Å²) in [7, 11) is -3.09. The highest BCUT2D eigenvalue weighted by Gasteiger charge is 2.27. The third-order valence-corrected chi connectivity index (χ3v) is 5.29. The van der Waals surface area contributed by atoms with E-state index in [9.17, 15) is 13.2 Å². The minimum absolute atomic E-state index is 0.00842. The first kappa shape index (κ1) is 16.4. The Morgan fingerprint density at radius 3 is 2.47 bits per heavy atom. The van der Waals surface area contributed by atoms with E-state index in [0.29, 0.717) is 38.8 Å². The maximum atomic E-state index is 11.7. The van der Waals surface area contributed by atoms with E-state index in [1.807, 2.05) is 6.92 Å². The van der Waals surface area contributed by atoms with E-state index >= 15 is 0 Å². The summed E-state index contributed by atoms with van der Waals surface area (Å²) < 4.78 is 24.9. The predicted octanol–water partition coefficient (Wildman–Crippen LogP) is 0.0441. The van der Waals surface area contributed by atoms with Gasteiger partial charge in [0.25, 0.3) is 0 Å². The Bertz CT molecular complexity index is 387. The van der Waals surface area contributed by atoms with Gasteiger partial charge < -0.3 is 11.1 Å². The number of nitrogens with zero attached hydrogens (tertiary/aromatic N) is 1. The molecule has 0 spiro atoms. The van der Waals surface area contributed by atoms with Crippen LogP contribution in [0, 0.1) is 0 Å². The number of amides is 1. The molecule has 1 unspecified atom stereocenters. The first-order chi connectivity index (χ1) is 8.85. The van der Waals surface area contributed by atoms with Crippen LogP contribution < -0.4 is 11.1 Å². The van der Waals surface area contributed by atoms with Gasteiger partial charge in [0.1, 0.15) is 0 Å². The zero-order valence-electron chi connectivity index (χ0n) is 11.8. The van der Waals surface area contributed by atoms with Crippen molar-refractivity contribution in [2.24, 2.45) is 5.73 Å². The number of hydrogen-bond acceptors (Lipinski definition) is 4. The van der Waals surface area contributed by atoms with Gasteiger partial charge in [-0.15, -0.1) is 0 Å². The van der Waals surface area contributed by atoms with Crippen LogP contribution in [0.25, 0.3) is 0 Å². The molecule has 0 radical (unpaired) electrons. The molecule has 1 aliphatic heterocycles. The monoisotopic (exact) mass is 291 g/mol. The van der Waals surface area contributed by atoms with Crippen molar-refractivity contribution in [3.05, 3.63) is 0 Å². The molecular weight excluding hydrogens is 266 g/mol. The zero-order chi connectivity index (χ0) is 14.5. The lowest BCUT2D eigenvalue weighted by Gasteiger charge is -2.31. The van der Waals surface area contributed by atoms with E-state index in [1.165, 1.54) is 4.31 Å². The fourth-order valence-corrected chi connectivity index (χ4v) is 3.25. The van der Waals surface area contributed by atoms with Crippen LogP contribution in [0.15, 0.2) is 0 Å². The summed E-state index contributed by atoms with van der Waals surface area (Å²) in [6.07, 6.45) is 2.48. The molecule has 1 fully saturated rings. The average Bonchev–Trinajstić information content (AvgIpc) is 2.37. The second kappa shape index (κ2) is 7.21. The third-order valence-electron chi connectivity index (χ3n) is 3.40. The quantitative estimate of drug-likeness (QED) is 0.723. The largest absolute Gasteiger partial charge is 0.353 e. The Balaban J connectivity index is 2.32. The number of piperidine rings is 1. The first-order valence-corrected chi connectivity index (χ1v) is 8.49. The number of rotatable bonds is 6. The van der Waals surface area contributed by atoms with Crippen LogP contribution in [-0.4, -0.2) is 49.6 Å². The zero-order valence-corrected chi connectivity index (χ0v) is 12.6. The molecule has 1 rings (SSSR count). The van der Waals surface area contributed by atoms with E-state index in [4.69, 9.17) is 5.73 Å². The van der Waals surface area contributed by atoms with Gasteiger partial charge in [-0.25, -0.2) is 12.7 Å². The molecule has 0 bridgehead atoms. The number of sulfonamides is 1. The van der Waals surface area contributed by atoms with Gasteiger partial charge in [-0.05, 0) is 33.1 Å². The molecule has 0 aliphatic carbocycles. The van der Waals surface area contributed by atoms with Crippen molar-refractivity contribution < 1.29 is 13.2 Å². The minimum atomic E-state index is -3.09. The van der Waals surface area contributed by atoms with Gasteiger partial charge in [0.05, 0.1) is 5.75 Å². The number of nitrogens with two attached hydrogens (primary N) is 1. The molecule has 112 valence electrons. The van der Waals surface area contributed by atoms with Gasteiger partial charge in [0.15, 0.2) is 0 Å². The third kappa shape index (κ3) is 5.46. The van der Waals surface area contributed by atoms with Crippen LogP contribution in [0.4, 0.5) is 0 Å². The maximum Gasteiger partial charge on any atom is 0.220 e. The van der Waals surface area contributed by atoms with Gasteiger partial charge in [0.2, 0.25) is 15.9 Å². The second-order valence-electron chi connectivity index (χ2n) is 5.16. The minimum Gasteiger partial charge on any atom is -0.353 e. The predicted molar refractivity (Wildman–Crippen MR) is 75.1 cm³/mol. The van der Waals surface area contributed by atoms with Gasteiger partial charge in [0, 0.05) is 31.6 Å². The lowest BCUT2D eigenvalue weighted by atomic mass is 10.1. The maximum absolute atomic E-state index is 11.7. The Hall–Kier alpha value is -0.660. The lowest BCUT2D eigenvalue weighted by Crippen LogP contribution is -2.47. The Labute approximate surface area is 115 Å². The normalized spacial score (nSPS) is 20.2. The summed E-state index contributed by atoms with van der Waals surface area (Å²) in [6, 6.07) is 0.117. The van der Waals surface area contributed by atoms with Crippen molar-refractivity contribution in [1.29, 1.82) is 0 Å². The molecule has 3 N–H and O–H groups in total. The highest BCUT2D eigenvalue weighted by atomic mass is 32.2. The summed E-state index contributed by atoms with van der Waals surface area (Å²) in [6.45, 7) is 4.52. The topological polar surface area (TPSA) is 92.5 Å². The van der Waals surface area contributed by atoms with Gasteiger partial charge in [-0.2, -0.15) is 0 Å². The van der Waals surface area contributed by atoms with Crippen LogP contribution in [0.3, 0.4) is 0 Å². The molecular formula is C12H25N3O3S. The highest BCUT2D eigenvalue weighted by molar-refractivity contribution is 7.89. The van der Waals surface area contributed by atoms with Crippen molar-refractivity contribution in [3.63, 3.8) is 0 Å². The lowest BCUT2D eigenvalue weighted by molar-refractivity contribution is -0.122. The number of carbonyl (C=O) groups is 1. The molecule has 0 aromatic carbocycles. The van der Waals surface area contributed by atoms with Crippen LogP contribution >= 0.6 is 0 Å².